The normalized spacial score (nSPS) is 23.8. The van der Waals surface area contributed by atoms with Crippen LogP contribution < -0.4 is 0 Å². The van der Waals surface area contributed by atoms with Crippen LogP contribution in [0.15, 0.2) is 0 Å². The number of nitrogens with zero attached hydrogens (tertiary/aromatic N) is 1. The van der Waals surface area contributed by atoms with Crippen molar-refractivity contribution in [2.75, 3.05) is 19.7 Å². The fourth-order valence-corrected chi connectivity index (χ4v) is 1.34. The zero-order valence-electron chi connectivity index (χ0n) is 7.32. The first kappa shape index (κ1) is 9.32. The highest BCUT2D eigenvalue weighted by atomic mass is 16.6. The smallest absolute Gasteiger partial charge is 0.409 e. The number of piperidine rings is 1. The lowest BCUT2D eigenvalue weighted by Gasteiger charge is -2.28. The monoisotopic (exact) mass is 173 g/mol. The average Bonchev–Trinajstić information content (AvgIpc) is 2.05. The third-order valence-corrected chi connectivity index (χ3v) is 1.92. The molecular weight excluding hydrogens is 158 g/mol. The van der Waals surface area contributed by atoms with Crippen molar-refractivity contribution in [3.05, 3.63) is 0 Å². The summed E-state index contributed by atoms with van der Waals surface area (Å²) >= 11 is 0. The number of aliphatic hydroxyl groups is 1. The van der Waals surface area contributed by atoms with E-state index in [1.807, 2.05) is 0 Å². The molecule has 12 heavy (non-hydrogen) atoms. The number of β-amino-alcohol motifs (C(OH)–C–C–N with tert-alkyl or cyclic N) is 1. The summed E-state index contributed by atoms with van der Waals surface area (Å²) in [6.45, 7) is 3.29. The SMILES string of the molecule is CCOC(=O)N1CCC[C@H](O)C1. The maximum Gasteiger partial charge on any atom is 0.409 e. The number of likely N-dealkylation sites (tertiary alicyclic amines) is 1. The van der Waals surface area contributed by atoms with Crippen LogP contribution in [0, 0.1) is 0 Å². The Morgan fingerprint density at radius 3 is 3.08 bits per heavy atom. The Morgan fingerprint density at radius 2 is 2.50 bits per heavy atom. The van der Waals surface area contributed by atoms with Gasteiger partial charge in [-0.3, -0.25) is 0 Å². The number of hydrogen-bond donors (Lipinski definition) is 1. The van der Waals surface area contributed by atoms with E-state index in [-0.39, 0.29) is 12.2 Å². The molecule has 1 heterocycles. The molecule has 4 heteroatoms. The molecule has 1 aliphatic rings. The second kappa shape index (κ2) is 4.30. The van der Waals surface area contributed by atoms with Crippen LogP contribution in [0.3, 0.4) is 0 Å². The first-order chi connectivity index (χ1) is 5.74. The van der Waals surface area contributed by atoms with Crippen LogP contribution in [0.5, 0.6) is 0 Å². The molecule has 4 nitrogen and oxygen atoms in total. The zero-order chi connectivity index (χ0) is 8.97. The van der Waals surface area contributed by atoms with Crippen LogP contribution in [0.25, 0.3) is 0 Å². The van der Waals surface area contributed by atoms with Crippen molar-refractivity contribution in [3.63, 3.8) is 0 Å². The van der Waals surface area contributed by atoms with Crippen molar-refractivity contribution in [3.8, 4) is 0 Å². The van der Waals surface area contributed by atoms with Gasteiger partial charge in [-0.25, -0.2) is 4.79 Å². The summed E-state index contributed by atoms with van der Waals surface area (Å²) in [5, 5.41) is 9.25. The molecule has 0 aliphatic carbocycles. The minimum atomic E-state index is -0.372. The zero-order valence-corrected chi connectivity index (χ0v) is 7.32. The van der Waals surface area contributed by atoms with E-state index in [0.29, 0.717) is 19.7 Å². The van der Waals surface area contributed by atoms with E-state index in [4.69, 9.17) is 4.74 Å². The van der Waals surface area contributed by atoms with Crippen LogP contribution >= 0.6 is 0 Å². The van der Waals surface area contributed by atoms with Crippen LogP contribution in [0.2, 0.25) is 0 Å². The van der Waals surface area contributed by atoms with Crippen molar-refractivity contribution >= 4 is 6.09 Å². The van der Waals surface area contributed by atoms with Gasteiger partial charge in [0.15, 0.2) is 0 Å². The van der Waals surface area contributed by atoms with Crippen molar-refractivity contribution in [1.29, 1.82) is 0 Å². The van der Waals surface area contributed by atoms with Gasteiger partial charge in [-0.05, 0) is 19.8 Å². The van der Waals surface area contributed by atoms with Gasteiger partial charge in [-0.15, -0.1) is 0 Å². The van der Waals surface area contributed by atoms with E-state index in [0.717, 1.165) is 12.8 Å². The lowest BCUT2D eigenvalue weighted by atomic mass is 10.1. The number of carbonyl (C=O) groups is 1. The molecule has 1 saturated heterocycles. The van der Waals surface area contributed by atoms with E-state index < -0.39 is 0 Å². The molecule has 70 valence electrons. The predicted molar refractivity (Wildman–Crippen MR) is 43.8 cm³/mol. The minimum absolute atomic E-state index is 0.309. The van der Waals surface area contributed by atoms with Crippen LogP contribution in [-0.4, -0.2) is 41.9 Å². The molecule has 1 aliphatic heterocycles. The Balaban J connectivity index is 2.35. The van der Waals surface area contributed by atoms with Gasteiger partial charge in [-0.1, -0.05) is 0 Å². The topological polar surface area (TPSA) is 49.8 Å². The summed E-state index contributed by atoms with van der Waals surface area (Å²) in [7, 11) is 0. The molecule has 0 aromatic rings. The van der Waals surface area contributed by atoms with Crippen molar-refractivity contribution in [1.82, 2.24) is 4.90 Å². The number of aliphatic hydroxyl groups excluding tert-OH is 1. The Kier molecular flexibility index (Phi) is 3.34. The summed E-state index contributed by atoms with van der Waals surface area (Å²) in [6.07, 6.45) is 0.968. The molecule has 0 spiro atoms. The second-order valence-electron chi connectivity index (χ2n) is 2.94. The quantitative estimate of drug-likeness (QED) is 0.631. The first-order valence-corrected chi connectivity index (χ1v) is 4.33. The van der Waals surface area contributed by atoms with Gasteiger partial charge in [-0.2, -0.15) is 0 Å². The van der Waals surface area contributed by atoms with Gasteiger partial charge >= 0.3 is 6.09 Å². The van der Waals surface area contributed by atoms with Crippen LogP contribution in [-0.2, 0) is 4.74 Å². The van der Waals surface area contributed by atoms with Gasteiger partial charge in [0.25, 0.3) is 0 Å². The number of ether oxygens (including phenoxy) is 1. The minimum Gasteiger partial charge on any atom is -0.450 e. The summed E-state index contributed by atoms with van der Waals surface area (Å²) < 4.78 is 4.81. The third-order valence-electron chi connectivity index (χ3n) is 1.92. The van der Waals surface area contributed by atoms with Gasteiger partial charge in [0.2, 0.25) is 0 Å². The van der Waals surface area contributed by atoms with Crippen molar-refractivity contribution < 1.29 is 14.6 Å². The van der Waals surface area contributed by atoms with Crippen LogP contribution in [0.1, 0.15) is 19.8 Å². The maximum atomic E-state index is 11.1. The van der Waals surface area contributed by atoms with Crippen molar-refractivity contribution in [2.45, 2.75) is 25.9 Å². The summed E-state index contributed by atoms with van der Waals surface area (Å²) in [5.41, 5.74) is 0. The maximum absolute atomic E-state index is 11.1. The molecule has 1 amide bonds. The molecule has 0 saturated carbocycles. The van der Waals surface area contributed by atoms with E-state index in [9.17, 15) is 9.90 Å². The third kappa shape index (κ3) is 2.37. The molecular formula is C8H15NO3. The average molecular weight is 173 g/mol. The highest BCUT2D eigenvalue weighted by Gasteiger charge is 2.22. The number of carbonyl (C=O) groups excluding carboxylic acids is 1. The van der Waals surface area contributed by atoms with Crippen LogP contribution in [0.4, 0.5) is 4.79 Å². The lowest BCUT2D eigenvalue weighted by Crippen LogP contribution is -2.42. The lowest BCUT2D eigenvalue weighted by molar-refractivity contribution is 0.0511. The van der Waals surface area contributed by atoms with E-state index in [2.05, 4.69) is 0 Å². The summed E-state index contributed by atoms with van der Waals surface area (Å²) in [4.78, 5) is 12.7. The number of amides is 1. The molecule has 0 bridgehead atoms. The molecule has 0 aromatic heterocycles. The fraction of sp³-hybridized carbons (Fsp3) is 0.875. The molecule has 1 fully saturated rings. The molecule has 0 aromatic carbocycles. The number of rotatable bonds is 1. The molecule has 1 atom stereocenters. The van der Waals surface area contributed by atoms with Gasteiger partial charge in [0.05, 0.1) is 12.7 Å². The van der Waals surface area contributed by atoms with Gasteiger partial charge in [0, 0.05) is 13.1 Å². The van der Waals surface area contributed by atoms with E-state index in [1.54, 1.807) is 11.8 Å². The largest absolute Gasteiger partial charge is 0.450 e. The Labute approximate surface area is 72.1 Å². The van der Waals surface area contributed by atoms with E-state index >= 15 is 0 Å². The van der Waals surface area contributed by atoms with Gasteiger partial charge < -0.3 is 14.7 Å². The second-order valence-corrected chi connectivity index (χ2v) is 2.94. The highest BCUT2D eigenvalue weighted by molar-refractivity contribution is 5.67. The van der Waals surface area contributed by atoms with Gasteiger partial charge in [0.1, 0.15) is 0 Å². The predicted octanol–water partition coefficient (Wildman–Crippen LogP) is 0.600. The molecule has 1 N–H and O–H groups in total. The Hall–Kier alpha value is -0.770. The summed E-state index contributed by atoms with van der Waals surface area (Å²) in [5.74, 6) is 0. The summed E-state index contributed by atoms with van der Waals surface area (Å²) in [6, 6.07) is 0. The number of hydrogen-bond acceptors (Lipinski definition) is 3. The van der Waals surface area contributed by atoms with Crippen molar-refractivity contribution in [2.24, 2.45) is 0 Å². The Bertz CT molecular complexity index is 160. The van der Waals surface area contributed by atoms with E-state index in [1.165, 1.54) is 0 Å². The molecule has 1 rings (SSSR count). The molecule has 0 radical (unpaired) electrons. The Morgan fingerprint density at radius 1 is 1.75 bits per heavy atom. The first-order valence-electron chi connectivity index (χ1n) is 4.33. The standard InChI is InChI=1S/C8H15NO3/c1-2-12-8(11)9-5-3-4-7(10)6-9/h7,10H,2-6H2,1H3/t7-/m0/s1. The fourth-order valence-electron chi connectivity index (χ4n) is 1.34. The molecule has 0 unspecified atom stereocenters. The highest BCUT2D eigenvalue weighted by Crippen LogP contribution is 2.10.